The van der Waals surface area contributed by atoms with Gasteiger partial charge in [-0.2, -0.15) is 0 Å². The number of ether oxygens (including phenoxy) is 2. The minimum absolute atomic E-state index is 0. The summed E-state index contributed by atoms with van der Waals surface area (Å²) in [6, 6.07) is 20.4. The molecule has 0 spiro atoms. The first-order valence-electron chi connectivity index (χ1n) is 11.4. The van der Waals surface area contributed by atoms with E-state index in [0.717, 1.165) is 59.7 Å². The van der Waals surface area contributed by atoms with Crippen molar-refractivity contribution < 1.29 is 22.6 Å². The molecular weight excluding hydrogens is 512 g/mol. The summed E-state index contributed by atoms with van der Waals surface area (Å²) < 4.78 is 48.0. The molecule has 4 nitrogen and oxygen atoms in total. The van der Waals surface area contributed by atoms with E-state index in [0.29, 0.717) is 6.61 Å². The van der Waals surface area contributed by atoms with Gasteiger partial charge in [-0.3, -0.25) is 4.90 Å². The molecular formula is C27H31Cl2F3N2O2. The van der Waals surface area contributed by atoms with Gasteiger partial charge < -0.3 is 14.8 Å². The van der Waals surface area contributed by atoms with Crippen molar-refractivity contribution >= 4 is 24.8 Å². The van der Waals surface area contributed by atoms with Crippen LogP contribution in [0, 0.1) is 13.8 Å². The van der Waals surface area contributed by atoms with Crippen LogP contribution in [-0.4, -0.2) is 37.4 Å². The van der Waals surface area contributed by atoms with Gasteiger partial charge in [-0.05, 0) is 53.8 Å². The van der Waals surface area contributed by atoms with E-state index in [4.69, 9.17) is 4.74 Å². The topological polar surface area (TPSA) is 33.7 Å². The van der Waals surface area contributed by atoms with Gasteiger partial charge in [0.15, 0.2) is 0 Å². The van der Waals surface area contributed by atoms with E-state index in [-0.39, 0.29) is 36.6 Å². The summed E-state index contributed by atoms with van der Waals surface area (Å²) in [7, 11) is 0. The quantitative estimate of drug-likeness (QED) is 0.363. The van der Waals surface area contributed by atoms with Crippen molar-refractivity contribution in [2.24, 2.45) is 0 Å². The van der Waals surface area contributed by atoms with Gasteiger partial charge in [0.1, 0.15) is 18.1 Å². The van der Waals surface area contributed by atoms with Gasteiger partial charge >= 0.3 is 6.36 Å². The monoisotopic (exact) mass is 542 g/mol. The SMILES string of the molecule is Cc1cc([C@H](c2ccc(OC(F)(F)F)cc2)N2CCNCC2)cc(C)c1OCc1ccccc1.Cl.Cl. The molecule has 0 radical (unpaired) electrons. The Hall–Kier alpha value is -2.45. The van der Waals surface area contributed by atoms with Crippen LogP contribution in [-0.2, 0) is 6.61 Å². The lowest BCUT2D eigenvalue weighted by Gasteiger charge is -2.36. The van der Waals surface area contributed by atoms with E-state index in [1.54, 1.807) is 12.1 Å². The Morgan fingerprint density at radius 1 is 0.861 bits per heavy atom. The van der Waals surface area contributed by atoms with E-state index >= 15 is 0 Å². The minimum Gasteiger partial charge on any atom is -0.488 e. The van der Waals surface area contributed by atoms with Crippen molar-refractivity contribution in [3.8, 4) is 11.5 Å². The van der Waals surface area contributed by atoms with Gasteiger partial charge in [0.05, 0.1) is 6.04 Å². The van der Waals surface area contributed by atoms with Crippen LogP contribution in [0.3, 0.4) is 0 Å². The molecule has 1 atom stereocenters. The van der Waals surface area contributed by atoms with Gasteiger partial charge in [0.25, 0.3) is 0 Å². The average Bonchev–Trinajstić information content (AvgIpc) is 2.80. The van der Waals surface area contributed by atoms with Crippen LogP contribution in [0.25, 0.3) is 0 Å². The molecule has 9 heteroatoms. The van der Waals surface area contributed by atoms with E-state index in [9.17, 15) is 13.2 Å². The van der Waals surface area contributed by atoms with Crippen molar-refractivity contribution in [2.75, 3.05) is 26.2 Å². The predicted octanol–water partition coefficient (Wildman–Crippen LogP) is 6.62. The summed E-state index contributed by atoms with van der Waals surface area (Å²) in [6.07, 6.45) is -4.71. The first kappa shape index (κ1) is 29.8. The molecule has 1 N–H and O–H groups in total. The zero-order chi connectivity index (χ0) is 24.1. The molecule has 1 aliphatic heterocycles. The van der Waals surface area contributed by atoms with Crippen molar-refractivity contribution in [3.63, 3.8) is 0 Å². The second-order valence-corrected chi connectivity index (χ2v) is 8.56. The first-order valence-corrected chi connectivity index (χ1v) is 11.4. The molecule has 4 rings (SSSR count). The van der Waals surface area contributed by atoms with Crippen LogP contribution in [0.1, 0.15) is 33.9 Å². The third-order valence-corrected chi connectivity index (χ3v) is 5.97. The molecule has 0 bridgehead atoms. The van der Waals surface area contributed by atoms with Gasteiger partial charge in [-0.15, -0.1) is 38.0 Å². The lowest BCUT2D eigenvalue weighted by molar-refractivity contribution is -0.274. The van der Waals surface area contributed by atoms with Gasteiger partial charge in [-0.1, -0.05) is 54.6 Å². The molecule has 0 amide bonds. The van der Waals surface area contributed by atoms with E-state index in [1.165, 1.54) is 12.1 Å². The predicted molar refractivity (Wildman–Crippen MR) is 141 cm³/mol. The number of piperazine rings is 1. The molecule has 0 saturated carbocycles. The Balaban J connectivity index is 0.00000228. The summed E-state index contributed by atoms with van der Waals surface area (Å²) in [6.45, 7) is 7.97. The van der Waals surface area contributed by atoms with E-state index < -0.39 is 6.36 Å². The Morgan fingerprint density at radius 3 is 2.00 bits per heavy atom. The molecule has 1 fully saturated rings. The molecule has 0 aromatic heterocycles. The number of alkyl halides is 3. The number of halogens is 5. The van der Waals surface area contributed by atoms with Gasteiger partial charge in [-0.25, -0.2) is 0 Å². The standard InChI is InChI=1S/C27H29F3N2O2.2ClH/c1-19-16-23(17-20(2)26(19)33-18-21-6-4-3-5-7-21)25(32-14-12-31-13-15-32)22-8-10-24(11-9-22)34-27(28,29)30;;/h3-11,16-17,25,31H,12-15,18H2,1-2H3;2*1H/t25-;;/m0../s1. The summed E-state index contributed by atoms with van der Waals surface area (Å²) in [5, 5.41) is 3.36. The maximum absolute atomic E-state index is 12.6. The lowest BCUT2D eigenvalue weighted by Crippen LogP contribution is -2.45. The van der Waals surface area contributed by atoms with Crippen LogP contribution in [0.2, 0.25) is 0 Å². The van der Waals surface area contributed by atoms with Crippen molar-refractivity contribution in [1.29, 1.82) is 0 Å². The smallest absolute Gasteiger partial charge is 0.488 e. The Morgan fingerprint density at radius 2 is 1.44 bits per heavy atom. The second-order valence-electron chi connectivity index (χ2n) is 8.56. The van der Waals surface area contributed by atoms with Gasteiger partial charge in [0, 0.05) is 26.2 Å². The van der Waals surface area contributed by atoms with Crippen molar-refractivity contribution in [3.05, 3.63) is 94.5 Å². The van der Waals surface area contributed by atoms with Crippen LogP contribution < -0.4 is 14.8 Å². The highest BCUT2D eigenvalue weighted by atomic mass is 35.5. The highest BCUT2D eigenvalue weighted by Gasteiger charge is 2.31. The third-order valence-electron chi connectivity index (χ3n) is 5.97. The molecule has 0 unspecified atom stereocenters. The number of aryl methyl sites for hydroxylation is 2. The molecule has 3 aromatic rings. The first-order chi connectivity index (χ1) is 16.3. The maximum atomic E-state index is 12.6. The summed E-state index contributed by atoms with van der Waals surface area (Å²) in [5.41, 5.74) is 5.18. The Labute approximate surface area is 222 Å². The number of hydrogen-bond donors (Lipinski definition) is 1. The normalized spacial score (nSPS) is 14.8. The fourth-order valence-corrected chi connectivity index (χ4v) is 4.51. The lowest BCUT2D eigenvalue weighted by atomic mass is 9.93. The van der Waals surface area contributed by atoms with Crippen molar-refractivity contribution in [2.45, 2.75) is 32.9 Å². The average molecular weight is 543 g/mol. The number of benzene rings is 3. The van der Waals surface area contributed by atoms with Crippen LogP contribution >= 0.6 is 24.8 Å². The zero-order valence-corrected chi connectivity index (χ0v) is 21.8. The van der Waals surface area contributed by atoms with Gasteiger partial charge in [0.2, 0.25) is 0 Å². The van der Waals surface area contributed by atoms with E-state index in [2.05, 4.69) is 27.1 Å². The summed E-state index contributed by atoms with van der Waals surface area (Å²) in [4.78, 5) is 2.36. The Bertz CT molecular complexity index is 1070. The summed E-state index contributed by atoms with van der Waals surface area (Å²) in [5.74, 6) is 0.646. The number of nitrogens with one attached hydrogen (secondary N) is 1. The Kier molecular flexibility index (Phi) is 10.9. The molecule has 1 aliphatic rings. The molecule has 196 valence electrons. The summed E-state index contributed by atoms with van der Waals surface area (Å²) >= 11 is 0. The number of hydrogen-bond acceptors (Lipinski definition) is 4. The highest BCUT2D eigenvalue weighted by Crippen LogP contribution is 2.35. The van der Waals surface area contributed by atoms with Crippen LogP contribution in [0.15, 0.2) is 66.7 Å². The molecule has 0 aliphatic carbocycles. The molecule has 3 aromatic carbocycles. The highest BCUT2D eigenvalue weighted by molar-refractivity contribution is 5.85. The fourth-order valence-electron chi connectivity index (χ4n) is 4.51. The minimum atomic E-state index is -4.71. The zero-order valence-electron chi connectivity index (χ0n) is 20.2. The second kappa shape index (κ2) is 13.2. The molecule has 1 heterocycles. The number of nitrogens with zero attached hydrogens (tertiary/aromatic N) is 1. The van der Waals surface area contributed by atoms with Crippen LogP contribution in [0.4, 0.5) is 13.2 Å². The fraction of sp³-hybridized carbons (Fsp3) is 0.333. The molecule has 1 saturated heterocycles. The maximum Gasteiger partial charge on any atom is 0.573 e. The number of rotatable bonds is 7. The van der Waals surface area contributed by atoms with E-state index in [1.807, 2.05) is 44.2 Å². The van der Waals surface area contributed by atoms with Crippen molar-refractivity contribution in [1.82, 2.24) is 10.2 Å². The largest absolute Gasteiger partial charge is 0.573 e. The third kappa shape index (κ3) is 7.77. The van der Waals surface area contributed by atoms with Crippen LogP contribution in [0.5, 0.6) is 11.5 Å². The molecule has 36 heavy (non-hydrogen) atoms.